The number of hydrazone groups is 1. The minimum atomic E-state index is 0.750. The summed E-state index contributed by atoms with van der Waals surface area (Å²) < 4.78 is 5.18. The molecule has 0 amide bonds. The number of nitrogens with two attached hydrogens (primary N) is 1. The molecule has 0 bridgehead atoms. The van der Waals surface area contributed by atoms with E-state index in [0.29, 0.717) is 0 Å². The first-order valence-corrected chi connectivity index (χ1v) is 5.32. The minimum absolute atomic E-state index is 0.750. The fourth-order valence-corrected chi connectivity index (χ4v) is 1.49. The van der Waals surface area contributed by atoms with Gasteiger partial charge in [-0.25, -0.2) is 0 Å². The van der Waals surface area contributed by atoms with Crippen LogP contribution in [0.15, 0.2) is 29.5 Å². The molecule has 0 aliphatic rings. The standard InChI is InChI=1S/C11H13N3O.CH4N2/c1-12-14-7-8-6-13-11-4-3-9(15-2)5-10(8)11;2-1-3/h3-7,12-13H,1-2H3;1H,(H3,2,3)/b14-7+;. The Morgan fingerprint density at radius 2 is 2.22 bits per heavy atom. The zero-order chi connectivity index (χ0) is 13.4. The normalized spacial score (nSPS) is 9.89. The number of rotatable bonds is 3. The molecule has 18 heavy (non-hydrogen) atoms. The first-order valence-electron chi connectivity index (χ1n) is 5.32. The van der Waals surface area contributed by atoms with Crippen LogP contribution >= 0.6 is 0 Å². The van der Waals surface area contributed by atoms with Crippen molar-refractivity contribution in [2.75, 3.05) is 14.2 Å². The van der Waals surface area contributed by atoms with Crippen LogP contribution in [0.2, 0.25) is 0 Å². The van der Waals surface area contributed by atoms with Gasteiger partial charge in [0.1, 0.15) is 5.75 Å². The quantitative estimate of drug-likeness (QED) is 0.373. The van der Waals surface area contributed by atoms with Crippen LogP contribution in [-0.4, -0.2) is 31.7 Å². The van der Waals surface area contributed by atoms with Gasteiger partial charge in [0, 0.05) is 29.7 Å². The van der Waals surface area contributed by atoms with Crippen LogP contribution in [0.3, 0.4) is 0 Å². The van der Waals surface area contributed by atoms with Gasteiger partial charge in [-0.3, -0.25) is 5.41 Å². The molecule has 1 aromatic carbocycles. The number of aromatic amines is 1. The lowest BCUT2D eigenvalue weighted by Crippen LogP contribution is -1.94. The summed E-state index contributed by atoms with van der Waals surface area (Å²) in [7, 11) is 3.43. The van der Waals surface area contributed by atoms with E-state index < -0.39 is 0 Å². The summed E-state index contributed by atoms with van der Waals surface area (Å²) in [6.07, 6.45) is 4.45. The number of nitrogens with one attached hydrogen (secondary N) is 3. The van der Waals surface area contributed by atoms with Crippen LogP contribution in [0.1, 0.15) is 5.56 Å². The first-order chi connectivity index (χ1) is 8.76. The number of fused-ring (bicyclic) bond motifs is 1. The molecular weight excluding hydrogens is 230 g/mol. The number of aromatic nitrogens is 1. The summed E-state index contributed by atoms with van der Waals surface area (Å²) in [4.78, 5) is 3.17. The Labute approximate surface area is 105 Å². The van der Waals surface area contributed by atoms with Crippen LogP contribution in [-0.2, 0) is 0 Å². The van der Waals surface area contributed by atoms with Gasteiger partial charge in [0.15, 0.2) is 0 Å². The Morgan fingerprint density at radius 1 is 1.50 bits per heavy atom. The van der Waals surface area contributed by atoms with Gasteiger partial charge in [-0.05, 0) is 18.2 Å². The van der Waals surface area contributed by atoms with Crippen LogP contribution in [0.5, 0.6) is 5.75 Å². The van der Waals surface area contributed by atoms with E-state index in [0.717, 1.165) is 28.6 Å². The Balaban J connectivity index is 0.000000492. The Kier molecular flexibility index (Phi) is 5.24. The van der Waals surface area contributed by atoms with E-state index in [9.17, 15) is 0 Å². The van der Waals surface area contributed by atoms with Crippen molar-refractivity contribution in [1.82, 2.24) is 10.4 Å². The number of methoxy groups -OCH3 is 1. The Bertz CT molecular complexity index is 532. The van der Waals surface area contributed by atoms with Crippen molar-refractivity contribution >= 4 is 23.5 Å². The molecule has 2 rings (SSSR count). The van der Waals surface area contributed by atoms with Gasteiger partial charge < -0.3 is 20.9 Å². The minimum Gasteiger partial charge on any atom is -0.497 e. The molecule has 1 heterocycles. The summed E-state index contributed by atoms with van der Waals surface area (Å²) in [6.45, 7) is 0. The van der Waals surface area contributed by atoms with Crippen molar-refractivity contribution in [2.45, 2.75) is 0 Å². The number of benzene rings is 1. The van der Waals surface area contributed by atoms with Gasteiger partial charge in [-0.15, -0.1) is 0 Å². The van der Waals surface area contributed by atoms with Crippen molar-refractivity contribution in [3.05, 3.63) is 30.0 Å². The molecule has 0 aliphatic carbocycles. The molecule has 5 N–H and O–H groups in total. The lowest BCUT2D eigenvalue weighted by atomic mass is 10.2. The molecule has 0 aliphatic heterocycles. The maximum atomic E-state index is 5.86. The van der Waals surface area contributed by atoms with E-state index in [1.54, 1.807) is 20.4 Å². The molecule has 6 nitrogen and oxygen atoms in total. The molecule has 96 valence electrons. The smallest absolute Gasteiger partial charge is 0.119 e. The molecule has 0 fully saturated rings. The SMILES string of the molecule is CN/N=C/c1c[nH]c2ccc(OC)cc12.N=CN. The zero-order valence-corrected chi connectivity index (χ0v) is 10.4. The van der Waals surface area contributed by atoms with Crippen molar-refractivity contribution < 1.29 is 4.74 Å². The second kappa shape index (κ2) is 6.95. The highest BCUT2D eigenvalue weighted by Gasteiger charge is 2.02. The number of nitrogens with zero attached hydrogens (tertiary/aromatic N) is 1. The highest BCUT2D eigenvalue weighted by Crippen LogP contribution is 2.22. The average Bonchev–Trinajstić information content (AvgIpc) is 2.79. The second-order valence-corrected chi connectivity index (χ2v) is 3.30. The summed E-state index contributed by atoms with van der Waals surface area (Å²) >= 11 is 0. The van der Waals surface area contributed by atoms with Gasteiger partial charge in [0.05, 0.1) is 19.7 Å². The predicted molar refractivity (Wildman–Crippen MR) is 74.5 cm³/mol. The van der Waals surface area contributed by atoms with Crippen LogP contribution in [0.4, 0.5) is 0 Å². The molecule has 0 saturated heterocycles. The molecule has 0 radical (unpaired) electrons. The predicted octanol–water partition coefficient (Wildman–Crippen LogP) is 1.28. The van der Waals surface area contributed by atoms with Crippen molar-refractivity contribution in [3.63, 3.8) is 0 Å². The summed E-state index contributed by atoms with van der Waals surface area (Å²) in [5, 5.41) is 11.0. The monoisotopic (exact) mass is 247 g/mol. The third-order valence-corrected chi connectivity index (χ3v) is 2.25. The number of hydrogen-bond acceptors (Lipinski definition) is 4. The fraction of sp³-hybridized carbons (Fsp3) is 0.167. The molecule has 2 aromatic rings. The van der Waals surface area contributed by atoms with Gasteiger partial charge in [-0.1, -0.05) is 0 Å². The third kappa shape index (κ3) is 3.24. The third-order valence-electron chi connectivity index (χ3n) is 2.25. The van der Waals surface area contributed by atoms with Crippen molar-refractivity contribution in [3.8, 4) is 5.75 Å². The van der Waals surface area contributed by atoms with Crippen LogP contribution in [0, 0.1) is 5.41 Å². The maximum absolute atomic E-state index is 5.86. The summed E-state index contributed by atoms with van der Waals surface area (Å²) in [5.74, 6) is 0.848. The number of H-pyrrole nitrogens is 1. The van der Waals surface area contributed by atoms with E-state index in [-0.39, 0.29) is 0 Å². The fourth-order valence-electron chi connectivity index (χ4n) is 1.49. The molecular formula is C12H17N5O. The van der Waals surface area contributed by atoms with Gasteiger partial charge in [0.25, 0.3) is 0 Å². The molecule has 0 spiro atoms. The highest BCUT2D eigenvalue weighted by molar-refractivity contribution is 5.99. The van der Waals surface area contributed by atoms with Gasteiger partial charge >= 0.3 is 0 Å². The number of ether oxygens (including phenoxy) is 1. The van der Waals surface area contributed by atoms with Crippen LogP contribution < -0.4 is 15.9 Å². The van der Waals surface area contributed by atoms with E-state index in [2.05, 4.69) is 21.2 Å². The molecule has 6 heteroatoms. The van der Waals surface area contributed by atoms with E-state index in [1.165, 1.54) is 0 Å². The Hall–Kier alpha value is -2.50. The van der Waals surface area contributed by atoms with Gasteiger partial charge in [-0.2, -0.15) is 5.10 Å². The summed E-state index contributed by atoms with van der Waals surface area (Å²) in [5.41, 5.74) is 9.23. The second-order valence-electron chi connectivity index (χ2n) is 3.30. The summed E-state index contributed by atoms with van der Waals surface area (Å²) in [6, 6.07) is 5.91. The topological polar surface area (TPSA) is 99.3 Å². The largest absolute Gasteiger partial charge is 0.497 e. The first kappa shape index (κ1) is 13.6. The molecule has 0 atom stereocenters. The molecule has 0 unspecified atom stereocenters. The van der Waals surface area contributed by atoms with E-state index >= 15 is 0 Å². The van der Waals surface area contributed by atoms with Gasteiger partial charge in [0.2, 0.25) is 0 Å². The maximum Gasteiger partial charge on any atom is 0.119 e. The van der Waals surface area contributed by atoms with E-state index in [1.807, 2.05) is 24.4 Å². The molecule has 1 aromatic heterocycles. The van der Waals surface area contributed by atoms with Crippen molar-refractivity contribution in [2.24, 2.45) is 10.8 Å². The highest BCUT2D eigenvalue weighted by atomic mass is 16.5. The average molecular weight is 247 g/mol. The van der Waals surface area contributed by atoms with Crippen LogP contribution in [0.25, 0.3) is 10.9 Å². The number of hydrogen-bond donors (Lipinski definition) is 4. The molecule has 0 saturated carbocycles. The van der Waals surface area contributed by atoms with E-state index in [4.69, 9.17) is 10.1 Å². The lowest BCUT2D eigenvalue weighted by molar-refractivity contribution is 0.415. The Morgan fingerprint density at radius 3 is 2.83 bits per heavy atom. The van der Waals surface area contributed by atoms with Crippen molar-refractivity contribution in [1.29, 1.82) is 5.41 Å². The zero-order valence-electron chi connectivity index (χ0n) is 10.4. The lowest BCUT2D eigenvalue weighted by Gasteiger charge is -1.99.